The summed E-state index contributed by atoms with van der Waals surface area (Å²) in [7, 11) is 1.83. The van der Waals surface area contributed by atoms with E-state index in [0.717, 1.165) is 11.2 Å². The van der Waals surface area contributed by atoms with Gasteiger partial charge >= 0.3 is 0 Å². The molecule has 2 aromatic heterocycles. The van der Waals surface area contributed by atoms with E-state index in [0.29, 0.717) is 37.6 Å². The lowest BCUT2D eigenvalue weighted by molar-refractivity contribution is -0.126. The van der Waals surface area contributed by atoms with Crippen LogP contribution < -0.4 is 10.6 Å². The smallest absolute Gasteiger partial charge is 0.246 e. The highest BCUT2D eigenvalue weighted by molar-refractivity contribution is 5.96. The molecule has 0 saturated carbocycles. The van der Waals surface area contributed by atoms with E-state index in [2.05, 4.69) is 26.5 Å². The Kier molecular flexibility index (Phi) is 3.20. The number of aryl methyl sites for hydroxylation is 1. The fraction of sp³-hybridized carbons (Fsp3) is 0.385. The van der Waals surface area contributed by atoms with Crippen molar-refractivity contribution in [2.45, 2.75) is 0 Å². The number of amides is 1. The third-order valence-electron chi connectivity index (χ3n) is 3.70. The first-order valence-corrected chi connectivity index (χ1v) is 6.71. The van der Waals surface area contributed by atoms with Gasteiger partial charge < -0.3 is 15.5 Å². The maximum atomic E-state index is 11.6. The Morgan fingerprint density at radius 1 is 1.33 bits per heavy atom. The largest absolute Gasteiger partial charge is 0.383 e. The number of carbonyl (C=O) groups is 1. The number of nitrogen functional groups attached to an aromatic ring is 1. The lowest BCUT2D eigenvalue weighted by Gasteiger charge is -2.34. The van der Waals surface area contributed by atoms with E-state index < -0.39 is 0 Å². The van der Waals surface area contributed by atoms with Gasteiger partial charge in [0.25, 0.3) is 0 Å². The zero-order valence-electron chi connectivity index (χ0n) is 11.9. The van der Waals surface area contributed by atoms with E-state index >= 15 is 0 Å². The van der Waals surface area contributed by atoms with Crippen LogP contribution in [0.25, 0.3) is 11.0 Å². The first-order valence-electron chi connectivity index (χ1n) is 6.71. The molecule has 8 nitrogen and oxygen atoms in total. The number of rotatable bonds is 2. The summed E-state index contributed by atoms with van der Waals surface area (Å²) in [5.74, 6) is 1.16. The molecule has 0 spiro atoms. The molecule has 2 N–H and O–H groups in total. The van der Waals surface area contributed by atoms with Crippen LogP contribution in [0.4, 0.5) is 11.6 Å². The molecule has 0 radical (unpaired) electrons. The average Bonchev–Trinajstić information content (AvgIpc) is 2.85. The van der Waals surface area contributed by atoms with Crippen LogP contribution in [0.15, 0.2) is 19.0 Å². The molecule has 3 heterocycles. The van der Waals surface area contributed by atoms with Gasteiger partial charge in [0.2, 0.25) is 5.91 Å². The Balaban J connectivity index is 1.89. The molecule has 0 atom stereocenters. The zero-order valence-corrected chi connectivity index (χ0v) is 11.9. The molecule has 3 rings (SSSR count). The third-order valence-corrected chi connectivity index (χ3v) is 3.70. The van der Waals surface area contributed by atoms with E-state index in [-0.39, 0.29) is 5.91 Å². The minimum absolute atomic E-state index is 0.0385. The van der Waals surface area contributed by atoms with Crippen LogP contribution >= 0.6 is 0 Å². The molecule has 1 amide bonds. The molecule has 0 unspecified atom stereocenters. The van der Waals surface area contributed by atoms with Crippen molar-refractivity contribution >= 4 is 28.6 Å². The maximum absolute atomic E-state index is 11.6. The highest BCUT2D eigenvalue weighted by atomic mass is 16.2. The number of carbonyl (C=O) groups excluding carboxylic acids is 1. The number of anilines is 2. The van der Waals surface area contributed by atoms with Gasteiger partial charge in [0.15, 0.2) is 11.5 Å². The Bertz CT molecular complexity index is 700. The predicted molar refractivity (Wildman–Crippen MR) is 79.7 cm³/mol. The minimum Gasteiger partial charge on any atom is -0.383 e. The van der Waals surface area contributed by atoms with E-state index in [4.69, 9.17) is 5.73 Å². The normalized spacial score (nSPS) is 15.5. The second-order valence-corrected chi connectivity index (χ2v) is 4.92. The zero-order chi connectivity index (χ0) is 15.0. The highest BCUT2D eigenvalue weighted by Gasteiger charge is 2.24. The molecule has 1 aliphatic heterocycles. The van der Waals surface area contributed by atoms with Gasteiger partial charge in [-0.3, -0.25) is 4.79 Å². The SMILES string of the molecule is C=CC(=O)N1CCN(c2nn(C)c3ncnc(N)c23)CC1. The van der Waals surface area contributed by atoms with Crippen molar-refractivity contribution in [1.29, 1.82) is 0 Å². The fourth-order valence-corrected chi connectivity index (χ4v) is 2.58. The van der Waals surface area contributed by atoms with Crippen molar-refractivity contribution in [3.63, 3.8) is 0 Å². The van der Waals surface area contributed by atoms with Crippen molar-refractivity contribution in [3.05, 3.63) is 19.0 Å². The summed E-state index contributed by atoms with van der Waals surface area (Å²) < 4.78 is 1.70. The fourth-order valence-electron chi connectivity index (χ4n) is 2.58. The number of hydrogen-bond acceptors (Lipinski definition) is 6. The summed E-state index contributed by atoms with van der Waals surface area (Å²) in [5, 5.41) is 5.27. The van der Waals surface area contributed by atoms with Crippen LogP contribution in [0.5, 0.6) is 0 Å². The van der Waals surface area contributed by atoms with E-state index in [1.165, 1.54) is 12.4 Å². The Hall–Kier alpha value is -2.64. The molecule has 8 heteroatoms. The molecule has 0 aliphatic carbocycles. The van der Waals surface area contributed by atoms with E-state index in [9.17, 15) is 4.79 Å². The van der Waals surface area contributed by atoms with Gasteiger partial charge in [-0.2, -0.15) is 5.10 Å². The average molecular weight is 287 g/mol. The van der Waals surface area contributed by atoms with Crippen molar-refractivity contribution in [2.24, 2.45) is 7.05 Å². The number of fused-ring (bicyclic) bond motifs is 1. The Labute approximate surface area is 121 Å². The molecule has 0 bridgehead atoms. The maximum Gasteiger partial charge on any atom is 0.246 e. The van der Waals surface area contributed by atoms with Gasteiger partial charge in [0, 0.05) is 33.2 Å². The molecule has 21 heavy (non-hydrogen) atoms. The van der Waals surface area contributed by atoms with Gasteiger partial charge in [-0.25, -0.2) is 14.6 Å². The summed E-state index contributed by atoms with van der Waals surface area (Å²) in [5.41, 5.74) is 6.68. The monoisotopic (exact) mass is 287 g/mol. The van der Waals surface area contributed by atoms with Crippen molar-refractivity contribution in [1.82, 2.24) is 24.6 Å². The van der Waals surface area contributed by atoms with Gasteiger partial charge in [-0.05, 0) is 6.08 Å². The highest BCUT2D eigenvalue weighted by Crippen LogP contribution is 2.28. The van der Waals surface area contributed by atoms with E-state index in [1.807, 2.05) is 7.05 Å². The molecule has 1 aliphatic rings. The Morgan fingerprint density at radius 2 is 2.05 bits per heavy atom. The molecule has 0 aromatic carbocycles. The molecule has 110 valence electrons. The molecule has 1 saturated heterocycles. The third kappa shape index (κ3) is 2.18. The van der Waals surface area contributed by atoms with Crippen LogP contribution in [0, 0.1) is 0 Å². The lowest BCUT2D eigenvalue weighted by atomic mass is 10.2. The summed E-state index contributed by atoms with van der Waals surface area (Å²) in [4.78, 5) is 23.7. The molecule has 1 fully saturated rings. The van der Waals surface area contributed by atoms with Crippen LogP contribution in [0.1, 0.15) is 0 Å². The van der Waals surface area contributed by atoms with Crippen LogP contribution in [-0.2, 0) is 11.8 Å². The number of hydrogen-bond donors (Lipinski definition) is 1. The summed E-state index contributed by atoms with van der Waals surface area (Å²) >= 11 is 0. The summed E-state index contributed by atoms with van der Waals surface area (Å²) in [6.07, 6.45) is 2.78. The minimum atomic E-state index is -0.0385. The Morgan fingerprint density at radius 3 is 2.71 bits per heavy atom. The second kappa shape index (κ2) is 5.04. The quantitative estimate of drug-likeness (QED) is 0.768. The summed E-state index contributed by atoms with van der Waals surface area (Å²) in [6, 6.07) is 0. The molecular formula is C13H17N7O. The number of piperazine rings is 1. The van der Waals surface area contributed by atoms with Crippen LogP contribution in [0.2, 0.25) is 0 Å². The van der Waals surface area contributed by atoms with Gasteiger partial charge in [-0.15, -0.1) is 0 Å². The van der Waals surface area contributed by atoms with E-state index in [1.54, 1.807) is 9.58 Å². The number of nitrogens with zero attached hydrogens (tertiary/aromatic N) is 6. The van der Waals surface area contributed by atoms with Crippen LogP contribution in [-0.4, -0.2) is 56.7 Å². The summed E-state index contributed by atoms with van der Waals surface area (Å²) in [6.45, 7) is 6.18. The first-order chi connectivity index (χ1) is 10.1. The molecular weight excluding hydrogens is 270 g/mol. The van der Waals surface area contributed by atoms with Gasteiger partial charge in [-0.1, -0.05) is 6.58 Å². The predicted octanol–water partition coefficient (Wildman–Crippen LogP) is -0.220. The standard InChI is InChI=1S/C13H17N7O/c1-3-9(21)19-4-6-20(7-5-19)13-10-11(14)15-8-16-12(10)18(2)17-13/h3,8H,1,4-7H2,2H3,(H2,14,15,16). The van der Waals surface area contributed by atoms with Gasteiger partial charge in [0.1, 0.15) is 17.5 Å². The van der Waals surface area contributed by atoms with Crippen molar-refractivity contribution in [3.8, 4) is 0 Å². The van der Waals surface area contributed by atoms with Crippen molar-refractivity contribution in [2.75, 3.05) is 36.8 Å². The van der Waals surface area contributed by atoms with Gasteiger partial charge in [0.05, 0.1) is 0 Å². The first kappa shape index (κ1) is 13.3. The second-order valence-electron chi connectivity index (χ2n) is 4.92. The number of aromatic nitrogens is 4. The molecule has 2 aromatic rings. The van der Waals surface area contributed by atoms with Crippen LogP contribution in [0.3, 0.4) is 0 Å². The number of nitrogens with two attached hydrogens (primary N) is 1. The lowest BCUT2D eigenvalue weighted by Crippen LogP contribution is -2.48. The topological polar surface area (TPSA) is 93.2 Å². The van der Waals surface area contributed by atoms with Crippen molar-refractivity contribution < 1.29 is 4.79 Å².